The highest BCUT2D eigenvalue weighted by Crippen LogP contribution is 2.31. The molecule has 0 aliphatic carbocycles. The lowest BCUT2D eigenvalue weighted by molar-refractivity contribution is -0.274. The molecule has 1 heterocycles. The van der Waals surface area contributed by atoms with Gasteiger partial charge in [-0.05, 0) is 44.8 Å². The van der Waals surface area contributed by atoms with Crippen LogP contribution in [0, 0.1) is 0 Å². The molecule has 1 aromatic carbocycles. The molecule has 0 aliphatic heterocycles. The van der Waals surface area contributed by atoms with Gasteiger partial charge < -0.3 is 10.1 Å². The van der Waals surface area contributed by atoms with E-state index in [0.717, 1.165) is 47.2 Å². The maximum absolute atomic E-state index is 12.3. The van der Waals surface area contributed by atoms with E-state index in [9.17, 15) is 13.2 Å². The molecule has 1 N–H and O–H groups in total. The van der Waals surface area contributed by atoms with Gasteiger partial charge in [-0.1, -0.05) is 6.92 Å². The number of aromatic nitrogens is 1. The molecule has 2 rings (SSSR count). The summed E-state index contributed by atoms with van der Waals surface area (Å²) in [5, 5.41) is 4.13. The lowest BCUT2D eigenvalue weighted by atomic mass is 10.1. The first kappa shape index (κ1) is 19.7. The van der Waals surface area contributed by atoms with Crippen LogP contribution in [0.3, 0.4) is 0 Å². The van der Waals surface area contributed by atoms with E-state index in [1.165, 1.54) is 12.1 Å². The molecule has 0 atom stereocenters. The molecule has 0 unspecified atom stereocenters. The molecule has 0 spiro atoms. The molecule has 0 amide bonds. The zero-order valence-electron chi connectivity index (χ0n) is 14.5. The standard InChI is InChI=1S/C17H22F3N3OS/c1-4-15-22-16(14(25-15)11-23(3)10-9-21-2)12-5-7-13(8-6-12)24-17(18,19)20/h5-8,21H,4,9-11H2,1-3H3. The molecule has 2 aromatic rings. The van der Waals surface area contributed by atoms with Gasteiger partial charge in [0.05, 0.1) is 10.7 Å². The summed E-state index contributed by atoms with van der Waals surface area (Å²) in [6.45, 7) is 4.56. The predicted molar refractivity (Wildman–Crippen MR) is 93.9 cm³/mol. The van der Waals surface area contributed by atoms with Crippen molar-refractivity contribution in [1.82, 2.24) is 15.2 Å². The normalized spacial score (nSPS) is 12.0. The number of nitrogens with zero attached hydrogens (tertiary/aromatic N) is 2. The SMILES string of the molecule is CCc1nc(-c2ccc(OC(F)(F)F)cc2)c(CN(C)CCNC)s1. The summed E-state index contributed by atoms with van der Waals surface area (Å²) >= 11 is 1.65. The van der Waals surface area contributed by atoms with Crippen LogP contribution in [0.15, 0.2) is 24.3 Å². The third-order valence-corrected chi connectivity index (χ3v) is 4.75. The Kier molecular flexibility index (Phi) is 6.80. The van der Waals surface area contributed by atoms with E-state index >= 15 is 0 Å². The molecule has 1 aromatic heterocycles. The zero-order valence-corrected chi connectivity index (χ0v) is 15.3. The summed E-state index contributed by atoms with van der Waals surface area (Å²) in [7, 11) is 3.94. The fourth-order valence-electron chi connectivity index (χ4n) is 2.33. The van der Waals surface area contributed by atoms with Crippen LogP contribution >= 0.6 is 11.3 Å². The summed E-state index contributed by atoms with van der Waals surface area (Å²) in [4.78, 5) is 7.95. The van der Waals surface area contributed by atoms with Crippen LogP contribution in [0.2, 0.25) is 0 Å². The minimum Gasteiger partial charge on any atom is -0.406 e. The van der Waals surface area contributed by atoms with E-state index in [0.29, 0.717) is 0 Å². The maximum Gasteiger partial charge on any atom is 0.573 e. The average molecular weight is 373 g/mol. The Hall–Kier alpha value is -1.64. The van der Waals surface area contributed by atoms with Crippen LogP contribution in [0.4, 0.5) is 13.2 Å². The van der Waals surface area contributed by atoms with Crippen LogP contribution in [-0.2, 0) is 13.0 Å². The van der Waals surface area contributed by atoms with Crippen LogP contribution in [0.5, 0.6) is 5.75 Å². The number of hydrogen-bond donors (Lipinski definition) is 1. The Labute approximate surface area is 149 Å². The van der Waals surface area contributed by atoms with E-state index in [1.54, 1.807) is 23.5 Å². The van der Waals surface area contributed by atoms with Crippen molar-refractivity contribution in [3.05, 3.63) is 34.2 Å². The quantitative estimate of drug-likeness (QED) is 0.761. The van der Waals surface area contributed by atoms with Crippen LogP contribution < -0.4 is 10.1 Å². The fraction of sp³-hybridized carbons (Fsp3) is 0.471. The second-order valence-electron chi connectivity index (χ2n) is 5.65. The van der Waals surface area contributed by atoms with Crippen molar-refractivity contribution >= 4 is 11.3 Å². The van der Waals surface area contributed by atoms with E-state index < -0.39 is 6.36 Å². The van der Waals surface area contributed by atoms with Crippen molar-refractivity contribution in [3.63, 3.8) is 0 Å². The Morgan fingerprint density at radius 2 is 1.92 bits per heavy atom. The first-order valence-electron chi connectivity index (χ1n) is 8.00. The van der Waals surface area contributed by atoms with E-state index in [2.05, 4.69) is 19.9 Å². The van der Waals surface area contributed by atoms with Gasteiger partial charge in [-0.25, -0.2) is 4.98 Å². The molecule has 0 fully saturated rings. The minimum atomic E-state index is -4.68. The van der Waals surface area contributed by atoms with Crippen molar-refractivity contribution in [2.24, 2.45) is 0 Å². The number of thiazole rings is 1. The van der Waals surface area contributed by atoms with Crippen molar-refractivity contribution in [1.29, 1.82) is 0 Å². The smallest absolute Gasteiger partial charge is 0.406 e. The number of alkyl halides is 3. The molecule has 138 valence electrons. The molecular weight excluding hydrogens is 351 g/mol. The third-order valence-electron chi connectivity index (χ3n) is 3.56. The van der Waals surface area contributed by atoms with Gasteiger partial charge in [-0.3, -0.25) is 4.90 Å². The van der Waals surface area contributed by atoms with Gasteiger partial charge in [0.1, 0.15) is 5.75 Å². The molecule has 25 heavy (non-hydrogen) atoms. The molecule has 0 saturated heterocycles. The highest BCUT2D eigenvalue weighted by molar-refractivity contribution is 7.12. The molecular formula is C17H22F3N3OS. The average Bonchev–Trinajstić information content (AvgIpc) is 2.95. The van der Waals surface area contributed by atoms with Crippen LogP contribution in [-0.4, -0.2) is 43.4 Å². The second-order valence-corrected chi connectivity index (χ2v) is 6.81. The van der Waals surface area contributed by atoms with Gasteiger partial charge in [0, 0.05) is 30.1 Å². The number of ether oxygens (including phenoxy) is 1. The molecule has 0 radical (unpaired) electrons. The van der Waals surface area contributed by atoms with E-state index in [1.807, 2.05) is 21.0 Å². The lowest BCUT2D eigenvalue weighted by Crippen LogP contribution is -2.26. The second kappa shape index (κ2) is 8.64. The van der Waals surface area contributed by atoms with Crippen molar-refractivity contribution in [2.45, 2.75) is 26.3 Å². The zero-order chi connectivity index (χ0) is 18.4. The largest absolute Gasteiger partial charge is 0.573 e. The highest BCUT2D eigenvalue weighted by atomic mass is 32.1. The summed E-state index contributed by atoms with van der Waals surface area (Å²) in [5.41, 5.74) is 1.62. The van der Waals surface area contributed by atoms with Crippen molar-refractivity contribution < 1.29 is 17.9 Å². The predicted octanol–water partition coefficient (Wildman–Crippen LogP) is 3.92. The van der Waals surface area contributed by atoms with Gasteiger partial charge >= 0.3 is 6.36 Å². The van der Waals surface area contributed by atoms with Gasteiger partial charge in [-0.2, -0.15) is 0 Å². The highest BCUT2D eigenvalue weighted by Gasteiger charge is 2.31. The first-order valence-corrected chi connectivity index (χ1v) is 8.82. The van der Waals surface area contributed by atoms with Crippen LogP contribution in [0.1, 0.15) is 16.8 Å². The molecule has 0 saturated carbocycles. The fourth-order valence-corrected chi connectivity index (χ4v) is 3.44. The van der Waals surface area contributed by atoms with Gasteiger partial charge in [0.15, 0.2) is 0 Å². The number of aryl methyl sites for hydroxylation is 1. The number of likely N-dealkylation sites (N-methyl/N-ethyl adjacent to an activating group) is 2. The van der Waals surface area contributed by atoms with Gasteiger partial charge in [-0.15, -0.1) is 24.5 Å². The number of hydrogen-bond acceptors (Lipinski definition) is 5. The van der Waals surface area contributed by atoms with Crippen molar-refractivity contribution in [2.75, 3.05) is 27.2 Å². The summed E-state index contributed by atoms with van der Waals surface area (Å²) in [6.07, 6.45) is -3.86. The molecule has 0 aliphatic rings. The minimum absolute atomic E-state index is 0.227. The third kappa shape index (κ3) is 5.98. The molecule has 0 bridgehead atoms. The summed E-state index contributed by atoms with van der Waals surface area (Å²) in [5.74, 6) is -0.227. The number of halogens is 3. The molecule has 8 heteroatoms. The monoisotopic (exact) mass is 373 g/mol. The van der Waals surface area contributed by atoms with Crippen molar-refractivity contribution in [3.8, 4) is 17.0 Å². The summed E-state index contributed by atoms with van der Waals surface area (Å²) < 4.78 is 40.8. The Morgan fingerprint density at radius 3 is 2.48 bits per heavy atom. The van der Waals surface area contributed by atoms with Crippen LogP contribution in [0.25, 0.3) is 11.3 Å². The number of benzene rings is 1. The van der Waals surface area contributed by atoms with Gasteiger partial charge in [0.25, 0.3) is 0 Å². The Morgan fingerprint density at radius 1 is 1.24 bits per heavy atom. The van der Waals surface area contributed by atoms with E-state index in [4.69, 9.17) is 0 Å². The first-order chi connectivity index (χ1) is 11.8. The summed E-state index contributed by atoms with van der Waals surface area (Å²) in [6, 6.07) is 5.88. The maximum atomic E-state index is 12.3. The Balaban J connectivity index is 2.21. The Bertz CT molecular complexity index is 671. The lowest BCUT2D eigenvalue weighted by Gasteiger charge is -2.16. The van der Waals surface area contributed by atoms with E-state index in [-0.39, 0.29) is 5.75 Å². The molecule has 4 nitrogen and oxygen atoms in total. The van der Waals surface area contributed by atoms with Gasteiger partial charge in [0.2, 0.25) is 0 Å². The topological polar surface area (TPSA) is 37.4 Å². The number of rotatable bonds is 8. The number of nitrogens with one attached hydrogen (secondary N) is 1.